The van der Waals surface area contributed by atoms with Gasteiger partial charge in [-0.3, -0.25) is 0 Å². The van der Waals surface area contributed by atoms with E-state index in [9.17, 15) is 0 Å². The first kappa shape index (κ1) is 15.8. The number of pyridine rings is 1. The Hall–Kier alpha value is -3.72. The summed E-state index contributed by atoms with van der Waals surface area (Å²) in [6.45, 7) is 2.03. The summed E-state index contributed by atoms with van der Waals surface area (Å²) in [6, 6.07) is 13.6. The predicted octanol–water partition coefficient (Wildman–Crippen LogP) is 3.70. The molecule has 6 heteroatoms. The maximum Gasteiger partial charge on any atom is 0.220 e. The van der Waals surface area contributed by atoms with Crippen LogP contribution in [0, 0.1) is 11.3 Å². The summed E-state index contributed by atoms with van der Waals surface area (Å²) in [4.78, 5) is 16.3. The van der Waals surface area contributed by atoms with Gasteiger partial charge in [0.1, 0.15) is 5.65 Å². The second-order valence-corrected chi connectivity index (χ2v) is 5.97. The number of aryl methyl sites for hydroxylation is 1. The minimum absolute atomic E-state index is 0.263. The van der Waals surface area contributed by atoms with Gasteiger partial charge in [-0.1, -0.05) is 19.1 Å². The highest BCUT2D eigenvalue weighted by Crippen LogP contribution is 2.30. The fourth-order valence-corrected chi connectivity index (χ4v) is 2.98. The topological polar surface area (TPSA) is 104 Å². The number of rotatable bonds is 3. The lowest BCUT2D eigenvalue weighted by atomic mass is 10.0. The largest absolute Gasteiger partial charge is 0.368 e. The minimum Gasteiger partial charge on any atom is -0.368 e. The highest BCUT2D eigenvalue weighted by atomic mass is 15.0. The van der Waals surface area contributed by atoms with Gasteiger partial charge in [-0.15, -0.1) is 0 Å². The Morgan fingerprint density at radius 1 is 1.15 bits per heavy atom. The van der Waals surface area contributed by atoms with Gasteiger partial charge >= 0.3 is 0 Å². The lowest BCUT2D eigenvalue weighted by molar-refractivity contribution is 1.01. The number of benzene rings is 1. The average molecular weight is 340 g/mol. The number of H-pyrrole nitrogens is 1. The number of hydrogen-bond acceptors (Lipinski definition) is 5. The van der Waals surface area contributed by atoms with E-state index >= 15 is 0 Å². The zero-order valence-corrected chi connectivity index (χ0v) is 14.2. The summed E-state index contributed by atoms with van der Waals surface area (Å²) in [5.41, 5.74) is 11.7. The summed E-state index contributed by atoms with van der Waals surface area (Å²) in [6.07, 6.45) is 4.46. The highest BCUT2D eigenvalue weighted by Gasteiger charge is 2.12. The molecule has 126 valence electrons. The maximum atomic E-state index is 9.12. The number of nitrogens with zero attached hydrogens (tertiary/aromatic N) is 4. The Morgan fingerprint density at radius 3 is 2.85 bits per heavy atom. The van der Waals surface area contributed by atoms with Gasteiger partial charge in [0.25, 0.3) is 0 Å². The number of fused-ring (bicyclic) bond motifs is 1. The van der Waals surface area contributed by atoms with Crippen LogP contribution in [0.25, 0.3) is 33.4 Å². The van der Waals surface area contributed by atoms with E-state index in [1.807, 2.05) is 37.4 Å². The predicted molar refractivity (Wildman–Crippen MR) is 101 cm³/mol. The molecular formula is C20H16N6. The van der Waals surface area contributed by atoms with Gasteiger partial charge in [0.2, 0.25) is 5.95 Å². The van der Waals surface area contributed by atoms with Gasteiger partial charge in [0.15, 0.2) is 0 Å². The molecule has 0 saturated heterocycles. The molecule has 0 unspecified atom stereocenters. The number of nitrogens with one attached hydrogen (secondary N) is 1. The Morgan fingerprint density at radius 2 is 2.04 bits per heavy atom. The zero-order chi connectivity index (χ0) is 18.1. The van der Waals surface area contributed by atoms with E-state index in [1.54, 1.807) is 12.3 Å². The van der Waals surface area contributed by atoms with Crippen molar-refractivity contribution < 1.29 is 0 Å². The van der Waals surface area contributed by atoms with E-state index in [-0.39, 0.29) is 5.95 Å². The van der Waals surface area contributed by atoms with Gasteiger partial charge < -0.3 is 10.7 Å². The maximum absolute atomic E-state index is 9.12. The summed E-state index contributed by atoms with van der Waals surface area (Å²) < 4.78 is 0. The van der Waals surface area contributed by atoms with Crippen LogP contribution in [-0.2, 0) is 6.42 Å². The lowest BCUT2D eigenvalue weighted by Crippen LogP contribution is -2.00. The fourth-order valence-electron chi connectivity index (χ4n) is 2.98. The Balaban J connectivity index is 1.88. The van der Waals surface area contributed by atoms with Gasteiger partial charge in [-0.25, -0.2) is 15.0 Å². The van der Waals surface area contributed by atoms with Crippen LogP contribution in [0.4, 0.5) is 5.95 Å². The quantitative estimate of drug-likeness (QED) is 0.591. The standard InChI is InChI=1S/C20H16N6/c1-2-15-8-18(26-20(22)25-15)17-11-24-19-16(17)7-14(10-23-19)13-5-3-4-12(6-13)9-21/h3-8,10-11H,2H2,1H3,(H,23,24)(H2,22,25,26). The molecule has 26 heavy (non-hydrogen) atoms. The third kappa shape index (κ3) is 2.76. The monoisotopic (exact) mass is 340 g/mol. The minimum atomic E-state index is 0.263. The van der Waals surface area contributed by atoms with E-state index in [0.29, 0.717) is 5.56 Å². The molecule has 0 atom stereocenters. The first-order chi connectivity index (χ1) is 12.7. The smallest absolute Gasteiger partial charge is 0.220 e. The Bertz CT molecular complexity index is 1150. The van der Waals surface area contributed by atoms with Gasteiger partial charge in [0, 0.05) is 34.6 Å². The Labute approximate surface area is 150 Å². The van der Waals surface area contributed by atoms with Crippen molar-refractivity contribution in [3.8, 4) is 28.5 Å². The number of anilines is 1. The van der Waals surface area contributed by atoms with Crippen LogP contribution < -0.4 is 5.73 Å². The molecule has 0 aliphatic carbocycles. The molecule has 0 amide bonds. The number of hydrogen-bond donors (Lipinski definition) is 2. The van der Waals surface area contributed by atoms with Crippen LogP contribution in [0.2, 0.25) is 0 Å². The average Bonchev–Trinajstić information content (AvgIpc) is 3.10. The third-order valence-corrected chi connectivity index (χ3v) is 4.29. The van der Waals surface area contributed by atoms with E-state index in [4.69, 9.17) is 11.0 Å². The molecule has 0 aliphatic rings. The molecule has 0 fully saturated rings. The zero-order valence-electron chi connectivity index (χ0n) is 14.2. The third-order valence-electron chi connectivity index (χ3n) is 4.29. The summed E-state index contributed by atoms with van der Waals surface area (Å²) in [5, 5.41) is 10.1. The molecule has 6 nitrogen and oxygen atoms in total. The molecule has 0 spiro atoms. The summed E-state index contributed by atoms with van der Waals surface area (Å²) in [5.74, 6) is 0.263. The van der Waals surface area contributed by atoms with Crippen LogP contribution in [0.1, 0.15) is 18.2 Å². The molecule has 0 saturated carbocycles. The van der Waals surface area contributed by atoms with Gasteiger partial charge in [0.05, 0.1) is 17.3 Å². The number of nitrogen functional groups attached to an aromatic ring is 1. The van der Waals surface area contributed by atoms with Crippen molar-refractivity contribution in [1.29, 1.82) is 5.26 Å². The second kappa shape index (κ2) is 6.30. The second-order valence-electron chi connectivity index (χ2n) is 5.97. The first-order valence-electron chi connectivity index (χ1n) is 8.29. The van der Waals surface area contributed by atoms with Crippen LogP contribution in [0.15, 0.2) is 48.8 Å². The molecule has 1 aromatic carbocycles. The summed E-state index contributed by atoms with van der Waals surface area (Å²) >= 11 is 0. The normalized spacial score (nSPS) is 10.8. The molecule has 4 aromatic rings. The van der Waals surface area contributed by atoms with Gasteiger partial charge in [-0.05, 0) is 36.2 Å². The Kier molecular flexibility index (Phi) is 3.82. The molecule has 0 aliphatic heterocycles. The van der Waals surface area contributed by atoms with Crippen LogP contribution >= 0.6 is 0 Å². The summed E-state index contributed by atoms with van der Waals surface area (Å²) in [7, 11) is 0. The number of aromatic amines is 1. The van der Waals surface area contributed by atoms with E-state index in [1.165, 1.54) is 0 Å². The molecule has 0 bridgehead atoms. The molecule has 4 rings (SSSR count). The van der Waals surface area contributed by atoms with Crippen molar-refractivity contribution in [3.63, 3.8) is 0 Å². The number of aromatic nitrogens is 4. The van der Waals surface area contributed by atoms with Crippen molar-refractivity contribution in [2.45, 2.75) is 13.3 Å². The number of nitriles is 1. The molecular weight excluding hydrogens is 324 g/mol. The van der Waals surface area contributed by atoms with Crippen LogP contribution in [-0.4, -0.2) is 19.9 Å². The van der Waals surface area contributed by atoms with Crippen molar-refractivity contribution in [2.75, 3.05) is 5.73 Å². The van der Waals surface area contributed by atoms with E-state index in [2.05, 4.69) is 32.1 Å². The first-order valence-corrected chi connectivity index (χ1v) is 8.29. The van der Waals surface area contributed by atoms with Crippen molar-refractivity contribution >= 4 is 17.0 Å². The molecule has 3 aromatic heterocycles. The van der Waals surface area contributed by atoms with Crippen LogP contribution in [0.5, 0.6) is 0 Å². The fraction of sp³-hybridized carbons (Fsp3) is 0.100. The van der Waals surface area contributed by atoms with Crippen molar-refractivity contribution in [2.24, 2.45) is 0 Å². The molecule has 3 heterocycles. The lowest BCUT2D eigenvalue weighted by Gasteiger charge is -2.05. The van der Waals surface area contributed by atoms with Crippen molar-refractivity contribution in [1.82, 2.24) is 19.9 Å². The van der Waals surface area contributed by atoms with E-state index in [0.717, 1.165) is 45.5 Å². The van der Waals surface area contributed by atoms with E-state index < -0.39 is 0 Å². The highest BCUT2D eigenvalue weighted by molar-refractivity contribution is 5.95. The van der Waals surface area contributed by atoms with Gasteiger partial charge in [-0.2, -0.15) is 5.26 Å². The number of nitrogens with two attached hydrogens (primary N) is 1. The molecule has 3 N–H and O–H groups in total. The van der Waals surface area contributed by atoms with Crippen molar-refractivity contribution in [3.05, 3.63) is 60.0 Å². The molecule has 0 radical (unpaired) electrons. The SMILES string of the molecule is CCc1cc(-c2c[nH]c3ncc(-c4cccc(C#N)c4)cc23)nc(N)n1. The van der Waals surface area contributed by atoms with Crippen LogP contribution in [0.3, 0.4) is 0 Å².